The second-order valence-corrected chi connectivity index (χ2v) is 3.46. The van der Waals surface area contributed by atoms with Crippen LogP contribution in [0.1, 0.15) is 6.42 Å². The van der Waals surface area contributed by atoms with Gasteiger partial charge in [-0.15, -0.1) is 0 Å². The highest BCUT2D eigenvalue weighted by Gasteiger charge is 2.32. The molecule has 0 heterocycles. The molecule has 0 aromatic rings. The first-order chi connectivity index (χ1) is 8.31. The van der Waals surface area contributed by atoms with E-state index in [1.807, 2.05) is 0 Å². The molecule has 0 aromatic carbocycles. The Hall–Kier alpha value is -1.71. The number of rotatable bonds is 8. The molecule has 0 spiro atoms. The van der Waals surface area contributed by atoms with Crippen molar-refractivity contribution in [3.05, 3.63) is 10.4 Å². The Morgan fingerprint density at radius 3 is 2.06 bits per heavy atom. The van der Waals surface area contributed by atoms with Crippen molar-refractivity contribution >= 4 is 11.8 Å². The minimum atomic E-state index is -1.95. The first kappa shape index (κ1) is 16.3. The van der Waals surface area contributed by atoms with Crippen molar-refractivity contribution in [2.24, 2.45) is 5.11 Å². The minimum Gasteiger partial charge on any atom is -0.475 e. The highest BCUT2D eigenvalue weighted by atomic mass is 16.4. The Morgan fingerprint density at radius 1 is 1.11 bits per heavy atom. The van der Waals surface area contributed by atoms with Crippen LogP contribution in [0, 0.1) is 0 Å². The van der Waals surface area contributed by atoms with E-state index >= 15 is 0 Å². The number of hydrogen-bond acceptors (Lipinski definition) is 7. The molecule has 10 heteroatoms. The summed E-state index contributed by atoms with van der Waals surface area (Å²) >= 11 is 0. The summed E-state index contributed by atoms with van der Waals surface area (Å²) in [5, 5.41) is 48.4. The molecule has 0 rings (SSSR count). The average molecular weight is 263 g/mol. The van der Waals surface area contributed by atoms with Gasteiger partial charge in [0.2, 0.25) is 5.78 Å². The van der Waals surface area contributed by atoms with E-state index in [-0.39, 0.29) is 0 Å². The number of ketones is 1. The summed E-state index contributed by atoms with van der Waals surface area (Å²) in [5.74, 6) is -3.14. The lowest BCUT2D eigenvalue weighted by molar-refractivity contribution is -0.152. The normalized spacial score (nSPS) is 17.1. The predicted molar refractivity (Wildman–Crippen MR) is 55.3 cm³/mol. The van der Waals surface area contributed by atoms with E-state index in [9.17, 15) is 30.0 Å². The Morgan fingerprint density at radius 2 is 1.61 bits per heavy atom. The molecule has 0 fully saturated rings. The van der Waals surface area contributed by atoms with Crippen molar-refractivity contribution in [2.45, 2.75) is 30.8 Å². The number of aliphatic carboxylic acids is 1. The van der Waals surface area contributed by atoms with Crippen LogP contribution >= 0.6 is 0 Å². The van der Waals surface area contributed by atoms with E-state index < -0.39 is 49.1 Å². The van der Waals surface area contributed by atoms with E-state index in [1.165, 1.54) is 0 Å². The highest BCUT2D eigenvalue weighted by molar-refractivity contribution is 6.32. The molecule has 0 aliphatic heterocycles. The van der Waals surface area contributed by atoms with Crippen LogP contribution in [0.2, 0.25) is 0 Å². The van der Waals surface area contributed by atoms with Crippen molar-refractivity contribution in [1.29, 1.82) is 0 Å². The standard InChI is InChI=1S/C8H13N3O7/c9-11-10-2-5(14)7(16)6(15)3(12)1-4(13)8(17)18/h3,5-7,12,14-16H,1-2H2,(H,17,18)/t3-,5+,6+,7+/m0/s1. The number of nitrogens with zero attached hydrogens (tertiary/aromatic N) is 3. The van der Waals surface area contributed by atoms with Crippen LogP contribution in [0.5, 0.6) is 0 Å². The van der Waals surface area contributed by atoms with E-state index in [0.717, 1.165) is 0 Å². The van der Waals surface area contributed by atoms with Crippen molar-refractivity contribution < 1.29 is 35.1 Å². The molecule has 0 aliphatic rings. The molecule has 0 bridgehead atoms. The summed E-state index contributed by atoms with van der Waals surface area (Å²) in [6, 6.07) is 0. The highest BCUT2D eigenvalue weighted by Crippen LogP contribution is 2.09. The second-order valence-electron chi connectivity index (χ2n) is 3.46. The first-order valence-corrected chi connectivity index (χ1v) is 4.80. The number of carboxylic acids is 1. The average Bonchev–Trinajstić information content (AvgIpc) is 2.33. The number of azide groups is 1. The lowest BCUT2D eigenvalue weighted by Gasteiger charge is -2.25. The largest absolute Gasteiger partial charge is 0.475 e. The lowest BCUT2D eigenvalue weighted by atomic mass is 9.99. The number of carboxylic acid groups (broad SMARTS) is 1. The molecule has 10 nitrogen and oxygen atoms in total. The van der Waals surface area contributed by atoms with Gasteiger partial charge in [-0.3, -0.25) is 4.79 Å². The summed E-state index contributed by atoms with van der Waals surface area (Å²) < 4.78 is 0. The van der Waals surface area contributed by atoms with Gasteiger partial charge >= 0.3 is 5.97 Å². The summed E-state index contributed by atoms with van der Waals surface area (Å²) in [4.78, 5) is 23.2. The molecule has 0 amide bonds. The van der Waals surface area contributed by atoms with Crippen LogP contribution in [0.25, 0.3) is 10.4 Å². The smallest absolute Gasteiger partial charge is 0.372 e. The number of Topliss-reactive ketones (excluding diaryl/α,β-unsaturated/α-hetero) is 1. The molecule has 0 saturated heterocycles. The van der Waals surface area contributed by atoms with E-state index in [4.69, 9.17) is 10.6 Å². The zero-order valence-corrected chi connectivity index (χ0v) is 9.12. The fourth-order valence-corrected chi connectivity index (χ4v) is 1.08. The van der Waals surface area contributed by atoms with Crippen LogP contribution in [0.4, 0.5) is 0 Å². The molecular weight excluding hydrogens is 250 g/mol. The van der Waals surface area contributed by atoms with Crippen LogP contribution in [-0.2, 0) is 9.59 Å². The number of aliphatic hydroxyl groups excluding tert-OH is 4. The Balaban J connectivity index is 4.43. The van der Waals surface area contributed by atoms with Crippen LogP contribution in [0.15, 0.2) is 5.11 Å². The Labute approximate surface area is 101 Å². The number of carbonyl (C=O) groups is 2. The monoisotopic (exact) mass is 263 g/mol. The topological polar surface area (TPSA) is 184 Å². The minimum absolute atomic E-state index is 0.547. The van der Waals surface area contributed by atoms with E-state index in [1.54, 1.807) is 0 Å². The van der Waals surface area contributed by atoms with E-state index in [2.05, 4.69) is 10.0 Å². The van der Waals surface area contributed by atoms with Gasteiger partial charge in [0.25, 0.3) is 0 Å². The van der Waals surface area contributed by atoms with Crippen LogP contribution in [-0.4, -0.2) is 68.2 Å². The molecule has 102 valence electrons. The molecule has 0 saturated carbocycles. The van der Waals surface area contributed by atoms with Gasteiger partial charge < -0.3 is 25.5 Å². The molecule has 0 aliphatic carbocycles. The zero-order chi connectivity index (χ0) is 14.3. The van der Waals surface area contributed by atoms with Gasteiger partial charge in [0.15, 0.2) is 0 Å². The third-order valence-corrected chi connectivity index (χ3v) is 2.10. The third kappa shape index (κ3) is 5.08. The van der Waals surface area contributed by atoms with Crippen LogP contribution in [0.3, 0.4) is 0 Å². The van der Waals surface area contributed by atoms with Crippen molar-refractivity contribution in [2.75, 3.05) is 6.54 Å². The molecule has 4 atom stereocenters. The molecule has 0 radical (unpaired) electrons. The van der Waals surface area contributed by atoms with Gasteiger partial charge in [-0.1, -0.05) is 5.11 Å². The van der Waals surface area contributed by atoms with Gasteiger partial charge in [0.05, 0.1) is 18.8 Å². The molecule has 5 N–H and O–H groups in total. The number of aliphatic hydroxyl groups is 4. The first-order valence-electron chi connectivity index (χ1n) is 4.80. The fraction of sp³-hybridized carbons (Fsp3) is 0.750. The quantitative estimate of drug-likeness (QED) is 0.142. The summed E-state index contributed by atoms with van der Waals surface area (Å²) in [6.07, 6.45) is -8.25. The van der Waals surface area contributed by atoms with Gasteiger partial charge in [0, 0.05) is 11.3 Å². The van der Waals surface area contributed by atoms with Crippen LogP contribution < -0.4 is 0 Å². The number of hydrogen-bond donors (Lipinski definition) is 5. The van der Waals surface area contributed by atoms with Gasteiger partial charge in [-0.2, -0.15) is 0 Å². The maximum Gasteiger partial charge on any atom is 0.372 e. The Bertz CT molecular complexity index is 355. The third-order valence-electron chi connectivity index (χ3n) is 2.10. The Kier molecular flexibility index (Phi) is 6.86. The predicted octanol–water partition coefficient (Wildman–Crippen LogP) is -2.22. The lowest BCUT2D eigenvalue weighted by Crippen LogP contribution is -2.46. The van der Waals surface area contributed by atoms with Gasteiger partial charge in [-0.25, -0.2) is 4.79 Å². The molecule has 18 heavy (non-hydrogen) atoms. The van der Waals surface area contributed by atoms with Gasteiger partial charge in [0.1, 0.15) is 12.2 Å². The number of carbonyl (C=O) groups excluding carboxylic acids is 1. The fourth-order valence-electron chi connectivity index (χ4n) is 1.08. The SMILES string of the molecule is [N-]=[N+]=NC[C@@H](O)[C@@H](O)[C@H](O)[C@@H](O)CC(=O)C(=O)O. The van der Waals surface area contributed by atoms with Crippen molar-refractivity contribution in [3.63, 3.8) is 0 Å². The van der Waals surface area contributed by atoms with Crippen molar-refractivity contribution in [1.82, 2.24) is 0 Å². The summed E-state index contributed by atoms with van der Waals surface area (Å²) in [6.45, 7) is -0.547. The molecule has 0 unspecified atom stereocenters. The summed E-state index contributed by atoms with van der Waals surface area (Å²) in [5.41, 5.74) is 7.97. The maximum absolute atomic E-state index is 10.7. The summed E-state index contributed by atoms with van der Waals surface area (Å²) in [7, 11) is 0. The van der Waals surface area contributed by atoms with Gasteiger partial charge in [-0.05, 0) is 5.53 Å². The maximum atomic E-state index is 10.7. The van der Waals surface area contributed by atoms with Crippen molar-refractivity contribution in [3.8, 4) is 0 Å². The second kappa shape index (κ2) is 7.58. The van der Waals surface area contributed by atoms with E-state index in [0.29, 0.717) is 0 Å². The molecular formula is C8H13N3O7. The molecule has 0 aromatic heterocycles. The zero-order valence-electron chi connectivity index (χ0n) is 9.12.